The van der Waals surface area contributed by atoms with E-state index < -0.39 is 11.7 Å². The van der Waals surface area contributed by atoms with Gasteiger partial charge in [-0.05, 0) is 25.3 Å². The quantitative estimate of drug-likeness (QED) is 0.692. The van der Waals surface area contributed by atoms with Crippen LogP contribution in [-0.4, -0.2) is 66.7 Å². The molecule has 0 saturated carbocycles. The number of hydrogen-bond donors (Lipinski definition) is 2. The summed E-state index contributed by atoms with van der Waals surface area (Å²) in [5.74, 6) is 0. The largest absolute Gasteiger partial charge is 0.388 e. The van der Waals surface area contributed by atoms with Crippen LogP contribution in [0.25, 0.3) is 16.8 Å². The van der Waals surface area contributed by atoms with Crippen molar-refractivity contribution in [2.24, 2.45) is 0 Å². The van der Waals surface area contributed by atoms with Gasteiger partial charge in [0, 0.05) is 49.6 Å². The molecule has 7 heteroatoms. The third kappa shape index (κ3) is 3.63. The SMILES string of the molecule is C[C@]1(O)CC2(CCN(Cc3cnc4c(-c5ccccc5)cnn4c3)CC2)OC[C@@H]1O. The predicted octanol–water partition coefficient (Wildman–Crippen LogP) is 2.26. The Kier molecular flexibility index (Phi) is 4.86. The van der Waals surface area contributed by atoms with E-state index in [1.807, 2.05) is 35.1 Å². The second-order valence-corrected chi connectivity index (χ2v) is 8.97. The highest BCUT2D eigenvalue weighted by Gasteiger charge is 2.48. The number of aromatic nitrogens is 3. The lowest BCUT2D eigenvalue weighted by molar-refractivity contribution is -0.223. The van der Waals surface area contributed by atoms with Crippen molar-refractivity contribution in [2.75, 3.05) is 19.7 Å². The molecule has 0 bridgehead atoms. The second-order valence-electron chi connectivity index (χ2n) is 8.97. The Balaban J connectivity index is 1.26. The Hall–Kier alpha value is -2.32. The van der Waals surface area contributed by atoms with Crippen molar-refractivity contribution in [2.45, 2.75) is 50.0 Å². The summed E-state index contributed by atoms with van der Waals surface area (Å²) in [7, 11) is 0. The summed E-state index contributed by atoms with van der Waals surface area (Å²) < 4.78 is 7.85. The smallest absolute Gasteiger partial charge is 0.162 e. The van der Waals surface area contributed by atoms with Crippen molar-refractivity contribution >= 4 is 5.65 Å². The van der Waals surface area contributed by atoms with E-state index >= 15 is 0 Å². The van der Waals surface area contributed by atoms with E-state index in [-0.39, 0.29) is 12.2 Å². The third-order valence-corrected chi connectivity index (χ3v) is 6.61. The van der Waals surface area contributed by atoms with Crippen LogP contribution < -0.4 is 0 Å². The summed E-state index contributed by atoms with van der Waals surface area (Å²) in [6.07, 6.45) is 7.24. The number of aliphatic hydroxyl groups is 2. The van der Waals surface area contributed by atoms with Crippen LogP contribution in [0.5, 0.6) is 0 Å². The molecular weight excluding hydrogens is 380 g/mol. The van der Waals surface area contributed by atoms with E-state index in [2.05, 4.69) is 33.3 Å². The van der Waals surface area contributed by atoms with Crippen molar-refractivity contribution in [3.63, 3.8) is 0 Å². The minimum Gasteiger partial charge on any atom is -0.388 e. The molecule has 2 N–H and O–H groups in total. The first-order valence-corrected chi connectivity index (χ1v) is 10.6. The van der Waals surface area contributed by atoms with Crippen molar-refractivity contribution in [3.05, 3.63) is 54.5 Å². The van der Waals surface area contributed by atoms with E-state index in [1.54, 1.807) is 6.92 Å². The van der Waals surface area contributed by atoms with Gasteiger partial charge < -0.3 is 14.9 Å². The lowest BCUT2D eigenvalue weighted by atomic mass is 9.76. The van der Waals surface area contributed by atoms with Gasteiger partial charge in [0.25, 0.3) is 0 Å². The number of likely N-dealkylation sites (tertiary alicyclic amines) is 1. The minimum atomic E-state index is -1.08. The standard InChI is InChI=1S/C23H28N4O3/c1-22(29)16-23(30-15-20(22)28)7-9-26(10-8-23)13-17-11-24-21-19(12-25-27(21)14-17)18-5-3-2-4-6-18/h2-6,11-12,14,20,28-29H,7-10,13,15-16H2,1H3/t20-,22-/m0/s1. The molecule has 3 aromatic rings. The number of aliphatic hydroxyl groups excluding tert-OH is 1. The lowest BCUT2D eigenvalue weighted by Crippen LogP contribution is -2.59. The molecule has 0 unspecified atom stereocenters. The normalized spacial score (nSPS) is 27.0. The zero-order chi connectivity index (χ0) is 20.8. The highest BCUT2D eigenvalue weighted by atomic mass is 16.5. The van der Waals surface area contributed by atoms with Crippen molar-refractivity contribution in [3.8, 4) is 11.1 Å². The van der Waals surface area contributed by atoms with Crippen LogP contribution in [0.15, 0.2) is 48.9 Å². The van der Waals surface area contributed by atoms with Gasteiger partial charge in [-0.3, -0.25) is 4.90 Å². The first-order valence-electron chi connectivity index (χ1n) is 10.6. The zero-order valence-corrected chi connectivity index (χ0v) is 17.2. The Morgan fingerprint density at radius 3 is 2.67 bits per heavy atom. The first kappa shape index (κ1) is 19.6. The summed E-state index contributed by atoms with van der Waals surface area (Å²) in [5, 5.41) is 24.9. The van der Waals surface area contributed by atoms with Gasteiger partial charge >= 0.3 is 0 Å². The zero-order valence-electron chi connectivity index (χ0n) is 17.2. The first-order chi connectivity index (χ1) is 14.4. The number of nitrogens with zero attached hydrogens (tertiary/aromatic N) is 4. The van der Waals surface area contributed by atoms with Crippen LogP contribution in [0.3, 0.4) is 0 Å². The van der Waals surface area contributed by atoms with Crippen molar-refractivity contribution in [1.82, 2.24) is 19.5 Å². The van der Waals surface area contributed by atoms with Crippen LogP contribution in [0.1, 0.15) is 31.7 Å². The van der Waals surface area contributed by atoms with Gasteiger partial charge in [0.15, 0.2) is 5.65 Å². The maximum atomic E-state index is 10.5. The number of rotatable bonds is 3. The van der Waals surface area contributed by atoms with E-state index in [9.17, 15) is 10.2 Å². The fraction of sp³-hybridized carbons (Fsp3) is 0.478. The fourth-order valence-electron chi connectivity index (χ4n) is 4.77. The molecule has 4 heterocycles. The Labute approximate surface area is 175 Å². The Morgan fingerprint density at radius 1 is 1.17 bits per heavy atom. The summed E-state index contributed by atoms with van der Waals surface area (Å²) in [5.41, 5.74) is 2.72. The Morgan fingerprint density at radius 2 is 1.93 bits per heavy atom. The van der Waals surface area contributed by atoms with Gasteiger partial charge in [0.05, 0.1) is 24.0 Å². The van der Waals surface area contributed by atoms with Gasteiger partial charge in [-0.2, -0.15) is 5.10 Å². The molecule has 5 rings (SSSR count). The van der Waals surface area contributed by atoms with Crippen LogP contribution in [-0.2, 0) is 11.3 Å². The number of fused-ring (bicyclic) bond motifs is 1. The molecule has 30 heavy (non-hydrogen) atoms. The third-order valence-electron chi connectivity index (χ3n) is 6.61. The number of hydrogen-bond acceptors (Lipinski definition) is 6. The van der Waals surface area contributed by atoms with Gasteiger partial charge in [-0.1, -0.05) is 30.3 Å². The number of benzene rings is 1. The average molecular weight is 409 g/mol. The van der Waals surface area contributed by atoms with Crippen LogP contribution in [0.4, 0.5) is 0 Å². The average Bonchev–Trinajstić information content (AvgIpc) is 3.17. The van der Waals surface area contributed by atoms with Crippen LogP contribution >= 0.6 is 0 Å². The molecule has 1 spiro atoms. The van der Waals surface area contributed by atoms with Gasteiger partial charge in [-0.15, -0.1) is 0 Å². The summed E-state index contributed by atoms with van der Waals surface area (Å²) in [4.78, 5) is 7.07. The van der Waals surface area contributed by atoms with Crippen molar-refractivity contribution < 1.29 is 14.9 Å². The molecular formula is C23H28N4O3. The molecule has 158 valence electrons. The van der Waals surface area contributed by atoms with Crippen LogP contribution in [0.2, 0.25) is 0 Å². The topological polar surface area (TPSA) is 83.1 Å². The number of piperidine rings is 1. The maximum absolute atomic E-state index is 10.5. The molecule has 0 amide bonds. The van der Waals surface area contributed by atoms with Gasteiger partial charge in [-0.25, -0.2) is 9.50 Å². The monoisotopic (exact) mass is 408 g/mol. The molecule has 1 aromatic carbocycles. The van der Waals surface area contributed by atoms with Crippen molar-refractivity contribution in [1.29, 1.82) is 0 Å². The molecule has 2 aromatic heterocycles. The molecule has 0 aliphatic carbocycles. The second kappa shape index (κ2) is 7.42. The maximum Gasteiger partial charge on any atom is 0.162 e. The summed E-state index contributed by atoms with van der Waals surface area (Å²) in [6, 6.07) is 10.2. The molecule has 7 nitrogen and oxygen atoms in total. The molecule has 2 aliphatic rings. The highest BCUT2D eigenvalue weighted by Crippen LogP contribution is 2.39. The fourth-order valence-corrected chi connectivity index (χ4v) is 4.77. The molecule has 2 fully saturated rings. The molecule has 2 aliphatic heterocycles. The van der Waals surface area contributed by atoms with E-state index in [0.717, 1.165) is 54.8 Å². The summed E-state index contributed by atoms with van der Waals surface area (Å²) in [6.45, 7) is 4.50. The highest BCUT2D eigenvalue weighted by molar-refractivity contribution is 5.76. The van der Waals surface area contributed by atoms with E-state index in [1.165, 1.54) is 0 Å². The van der Waals surface area contributed by atoms with Gasteiger partial charge in [0.1, 0.15) is 6.10 Å². The van der Waals surface area contributed by atoms with Gasteiger partial charge in [0.2, 0.25) is 0 Å². The summed E-state index contributed by atoms with van der Waals surface area (Å²) >= 11 is 0. The number of ether oxygens (including phenoxy) is 1. The van der Waals surface area contributed by atoms with E-state index in [4.69, 9.17) is 4.74 Å². The van der Waals surface area contributed by atoms with Crippen LogP contribution in [0, 0.1) is 0 Å². The molecule has 2 saturated heterocycles. The lowest BCUT2D eigenvalue weighted by Gasteiger charge is -2.49. The predicted molar refractivity (Wildman–Crippen MR) is 113 cm³/mol. The van der Waals surface area contributed by atoms with E-state index in [0.29, 0.717) is 6.42 Å². The minimum absolute atomic E-state index is 0.205. The molecule has 2 atom stereocenters. The molecule has 0 radical (unpaired) electrons. The Bertz CT molecular complexity index is 1030.